The Bertz CT molecular complexity index is 1060. The summed E-state index contributed by atoms with van der Waals surface area (Å²) in [5.41, 5.74) is 4.77. The van der Waals surface area contributed by atoms with Crippen molar-refractivity contribution in [2.24, 2.45) is 4.99 Å². The number of hydroxylamine groups is 1. The van der Waals surface area contributed by atoms with E-state index in [1.54, 1.807) is 43.1 Å². The lowest BCUT2D eigenvalue weighted by Gasteiger charge is -2.15. The van der Waals surface area contributed by atoms with Crippen molar-refractivity contribution >= 4 is 17.8 Å². The van der Waals surface area contributed by atoms with Crippen LogP contribution in [0.25, 0.3) is 11.1 Å². The van der Waals surface area contributed by atoms with Gasteiger partial charge in [0.2, 0.25) is 0 Å². The molecule has 0 radical (unpaired) electrons. The van der Waals surface area contributed by atoms with Crippen LogP contribution in [0, 0.1) is 0 Å². The standard InChI is InChI=1S/C21H16N2O4/c1-26-13-10-16(14-6-2-3-7-15(14)21(24)23-25)17-12-22-18-8-4-5-9-19(18)27-20(17)11-13/h2-12,25H,1H3,(H,23,24). The van der Waals surface area contributed by atoms with Crippen LogP contribution in [0.3, 0.4) is 0 Å². The lowest BCUT2D eigenvalue weighted by Crippen LogP contribution is -2.19. The van der Waals surface area contributed by atoms with E-state index in [1.165, 1.54) is 0 Å². The maximum absolute atomic E-state index is 12.1. The monoisotopic (exact) mass is 360 g/mol. The molecular weight excluding hydrogens is 344 g/mol. The number of para-hydroxylation sites is 2. The largest absolute Gasteiger partial charge is 0.497 e. The predicted octanol–water partition coefficient (Wildman–Crippen LogP) is 4.34. The van der Waals surface area contributed by atoms with Crippen LogP contribution in [0.5, 0.6) is 17.2 Å². The average molecular weight is 360 g/mol. The van der Waals surface area contributed by atoms with Crippen molar-refractivity contribution in [2.45, 2.75) is 0 Å². The molecule has 0 fully saturated rings. The number of rotatable bonds is 3. The van der Waals surface area contributed by atoms with E-state index in [9.17, 15) is 4.79 Å². The van der Waals surface area contributed by atoms with Crippen LogP contribution >= 0.6 is 0 Å². The summed E-state index contributed by atoms with van der Waals surface area (Å²) in [5.74, 6) is 1.18. The number of hydrogen-bond donors (Lipinski definition) is 2. The van der Waals surface area contributed by atoms with Crippen molar-refractivity contribution in [2.75, 3.05) is 7.11 Å². The van der Waals surface area contributed by atoms with Gasteiger partial charge in [0.1, 0.15) is 17.2 Å². The zero-order valence-corrected chi connectivity index (χ0v) is 14.5. The molecule has 4 rings (SSSR count). The molecule has 2 N–H and O–H groups in total. The smallest absolute Gasteiger partial charge is 0.275 e. The van der Waals surface area contributed by atoms with Gasteiger partial charge in [-0.05, 0) is 35.4 Å². The number of methoxy groups -OCH3 is 1. The quantitative estimate of drug-likeness (QED) is 0.421. The minimum absolute atomic E-state index is 0.325. The zero-order chi connectivity index (χ0) is 18.8. The Balaban J connectivity index is 1.96. The minimum Gasteiger partial charge on any atom is -0.497 e. The molecule has 134 valence electrons. The van der Waals surface area contributed by atoms with Gasteiger partial charge in [-0.25, -0.2) is 5.48 Å². The van der Waals surface area contributed by atoms with Gasteiger partial charge in [0.15, 0.2) is 5.75 Å². The number of ether oxygens (including phenoxy) is 2. The fraction of sp³-hybridized carbons (Fsp3) is 0.0476. The number of hydrogen-bond acceptors (Lipinski definition) is 5. The van der Waals surface area contributed by atoms with Gasteiger partial charge in [0.25, 0.3) is 5.91 Å². The Morgan fingerprint density at radius 3 is 2.63 bits per heavy atom. The van der Waals surface area contributed by atoms with Gasteiger partial charge >= 0.3 is 0 Å². The summed E-state index contributed by atoms with van der Waals surface area (Å²) in [4.78, 5) is 16.6. The molecule has 0 saturated carbocycles. The summed E-state index contributed by atoms with van der Waals surface area (Å²) in [5, 5.41) is 9.09. The van der Waals surface area contributed by atoms with Gasteiger partial charge in [-0.3, -0.25) is 15.0 Å². The highest BCUT2D eigenvalue weighted by Crippen LogP contribution is 2.42. The number of amides is 1. The molecule has 1 aliphatic heterocycles. The minimum atomic E-state index is -0.600. The van der Waals surface area contributed by atoms with Gasteiger partial charge in [0.05, 0.1) is 7.11 Å². The normalized spacial score (nSPS) is 11.6. The summed E-state index contributed by atoms with van der Waals surface area (Å²) in [7, 11) is 1.57. The summed E-state index contributed by atoms with van der Waals surface area (Å²) >= 11 is 0. The van der Waals surface area contributed by atoms with E-state index in [1.807, 2.05) is 36.4 Å². The van der Waals surface area contributed by atoms with Gasteiger partial charge in [-0.1, -0.05) is 30.3 Å². The van der Waals surface area contributed by atoms with Gasteiger partial charge in [-0.15, -0.1) is 0 Å². The molecule has 0 spiro atoms. The third kappa shape index (κ3) is 3.02. The average Bonchev–Trinajstić information content (AvgIpc) is 2.91. The van der Waals surface area contributed by atoms with Crippen LogP contribution in [0.2, 0.25) is 0 Å². The van der Waals surface area contributed by atoms with E-state index < -0.39 is 5.91 Å². The zero-order valence-electron chi connectivity index (χ0n) is 14.5. The van der Waals surface area contributed by atoms with E-state index >= 15 is 0 Å². The van der Waals surface area contributed by atoms with Crippen LogP contribution in [-0.4, -0.2) is 24.4 Å². The van der Waals surface area contributed by atoms with E-state index in [4.69, 9.17) is 14.7 Å². The van der Waals surface area contributed by atoms with E-state index in [0.29, 0.717) is 45.2 Å². The molecule has 1 amide bonds. The highest BCUT2D eigenvalue weighted by Gasteiger charge is 2.20. The summed E-state index contributed by atoms with van der Waals surface area (Å²) in [6.07, 6.45) is 1.71. The second-order valence-electron chi connectivity index (χ2n) is 5.90. The number of nitrogens with zero attached hydrogens (tertiary/aromatic N) is 1. The fourth-order valence-electron chi connectivity index (χ4n) is 3.04. The second kappa shape index (κ2) is 6.93. The third-order valence-electron chi connectivity index (χ3n) is 4.33. The topological polar surface area (TPSA) is 80.2 Å². The number of fused-ring (bicyclic) bond motifs is 2. The van der Waals surface area contributed by atoms with Crippen LogP contribution in [0.15, 0.2) is 65.7 Å². The molecule has 3 aromatic rings. The highest BCUT2D eigenvalue weighted by atomic mass is 16.5. The van der Waals surface area contributed by atoms with Crippen LogP contribution in [0.4, 0.5) is 5.69 Å². The highest BCUT2D eigenvalue weighted by molar-refractivity contribution is 6.04. The molecule has 27 heavy (non-hydrogen) atoms. The maximum atomic E-state index is 12.1. The second-order valence-corrected chi connectivity index (χ2v) is 5.90. The first-order valence-electron chi connectivity index (χ1n) is 8.28. The fourth-order valence-corrected chi connectivity index (χ4v) is 3.04. The lowest BCUT2D eigenvalue weighted by molar-refractivity contribution is 0.0707. The first kappa shape index (κ1) is 16.8. The predicted molar refractivity (Wildman–Crippen MR) is 101 cm³/mol. The van der Waals surface area contributed by atoms with Gasteiger partial charge < -0.3 is 9.47 Å². The molecule has 1 aliphatic rings. The van der Waals surface area contributed by atoms with Gasteiger partial charge in [0, 0.05) is 23.4 Å². The molecule has 0 bridgehead atoms. The number of carbonyl (C=O) groups is 1. The van der Waals surface area contributed by atoms with E-state index in [2.05, 4.69) is 4.99 Å². The summed E-state index contributed by atoms with van der Waals surface area (Å²) in [6.45, 7) is 0. The number of nitrogens with one attached hydrogen (secondary N) is 1. The van der Waals surface area contributed by atoms with Crippen molar-refractivity contribution in [1.29, 1.82) is 0 Å². The van der Waals surface area contributed by atoms with E-state index in [0.717, 1.165) is 0 Å². The van der Waals surface area contributed by atoms with Crippen molar-refractivity contribution in [3.05, 3.63) is 71.8 Å². The Morgan fingerprint density at radius 1 is 1.04 bits per heavy atom. The summed E-state index contributed by atoms with van der Waals surface area (Å²) in [6, 6.07) is 18.0. The van der Waals surface area contributed by atoms with Crippen molar-refractivity contribution in [1.82, 2.24) is 5.48 Å². The molecule has 0 unspecified atom stereocenters. The number of aliphatic imine (C=N–C) groups is 1. The van der Waals surface area contributed by atoms with E-state index in [-0.39, 0.29) is 0 Å². The maximum Gasteiger partial charge on any atom is 0.275 e. The van der Waals surface area contributed by atoms with Crippen LogP contribution in [-0.2, 0) is 0 Å². The number of benzene rings is 3. The molecule has 0 aliphatic carbocycles. The molecular formula is C21H16N2O4. The Kier molecular flexibility index (Phi) is 4.32. The third-order valence-corrected chi connectivity index (χ3v) is 4.33. The molecule has 6 nitrogen and oxygen atoms in total. The Hall–Kier alpha value is -3.64. The first-order valence-corrected chi connectivity index (χ1v) is 8.28. The van der Waals surface area contributed by atoms with Crippen molar-refractivity contribution < 1.29 is 19.5 Å². The molecule has 3 aromatic carbocycles. The van der Waals surface area contributed by atoms with Crippen molar-refractivity contribution in [3.63, 3.8) is 0 Å². The van der Waals surface area contributed by atoms with Crippen LogP contribution in [0.1, 0.15) is 15.9 Å². The Labute approximate surface area is 155 Å². The molecule has 0 aromatic heterocycles. The summed E-state index contributed by atoms with van der Waals surface area (Å²) < 4.78 is 11.5. The molecule has 0 atom stereocenters. The molecule has 0 saturated heterocycles. The molecule has 6 heteroatoms. The van der Waals surface area contributed by atoms with Crippen LogP contribution < -0.4 is 15.0 Å². The molecule has 1 heterocycles. The van der Waals surface area contributed by atoms with Crippen molar-refractivity contribution in [3.8, 4) is 28.4 Å². The number of carbonyl (C=O) groups excluding carboxylic acids is 1. The Morgan fingerprint density at radius 2 is 1.81 bits per heavy atom. The lowest BCUT2D eigenvalue weighted by atomic mass is 9.94. The first-order chi connectivity index (χ1) is 13.2. The van der Waals surface area contributed by atoms with Gasteiger partial charge in [-0.2, -0.15) is 0 Å². The SMILES string of the molecule is COc1cc2c(c(-c3ccccc3C(=O)NO)c1)C=Nc1ccccc1O2.